The highest BCUT2D eigenvalue weighted by Gasteiger charge is 2.21. The van der Waals surface area contributed by atoms with E-state index in [1.165, 1.54) is 29.2 Å². The number of aromatic carboxylic acids is 1. The van der Waals surface area contributed by atoms with Crippen molar-refractivity contribution < 1.29 is 19.1 Å². The summed E-state index contributed by atoms with van der Waals surface area (Å²) >= 11 is 0. The van der Waals surface area contributed by atoms with Crippen molar-refractivity contribution in [3.05, 3.63) is 53.6 Å². The van der Waals surface area contributed by atoms with Crippen LogP contribution < -0.4 is 0 Å². The van der Waals surface area contributed by atoms with E-state index in [-0.39, 0.29) is 23.7 Å². The number of rotatable bonds is 6. The summed E-state index contributed by atoms with van der Waals surface area (Å²) in [5, 5.41) is 12.8. The van der Waals surface area contributed by atoms with Crippen molar-refractivity contribution in [1.29, 1.82) is 0 Å². The molecule has 1 aliphatic heterocycles. The van der Waals surface area contributed by atoms with Crippen molar-refractivity contribution in [3.63, 3.8) is 0 Å². The molecule has 8 heteroatoms. The summed E-state index contributed by atoms with van der Waals surface area (Å²) in [6.45, 7) is 3.78. The number of halogens is 1. The Labute approximate surface area is 150 Å². The first-order chi connectivity index (χ1) is 12.5. The number of hydrogen-bond donors (Lipinski definition) is 1. The van der Waals surface area contributed by atoms with Gasteiger partial charge in [-0.05, 0) is 17.7 Å². The number of carboxylic acids is 1. The molecule has 0 aliphatic carbocycles. The van der Waals surface area contributed by atoms with E-state index >= 15 is 0 Å². The van der Waals surface area contributed by atoms with E-state index < -0.39 is 5.97 Å². The third-order valence-corrected chi connectivity index (χ3v) is 4.46. The molecule has 0 unspecified atom stereocenters. The SMILES string of the molecule is O=C(O)c1cnn(CCC(=O)N2CCN(Cc3cccc(F)c3)CC2)c1. The van der Waals surface area contributed by atoms with Gasteiger partial charge in [-0.2, -0.15) is 5.10 Å². The number of carboxylic acid groups (broad SMARTS) is 1. The molecule has 7 nitrogen and oxygen atoms in total. The molecule has 1 aromatic carbocycles. The van der Waals surface area contributed by atoms with Crippen LogP contribution in [0.5, 0.6) is 0 Å². The van der Waals surface area contributed by atoms with Gasteiger partial charge in [-0.1, -0.05) is 12.1 Å². The molecular formula is C18H21FN4O3. The van der Waals surface area contributed by atoms with Crippen LogP contribution in [0.15, 0.2) is 36.7 Å². The quantitative estimate of drug-likeness (QED) is 0.844. The number of aromatic nitrogens is 2. The predicted octanol–water partition coefficient (Wildman–Crippen LogP) is 1.45. The van der Waals surface area contributed by atoms with Gasteiger partial charge in [0.25, 0.3) is 0 Å². The van der Waals surface area contributed by atoms with Gasteiger partial charge in [-0.15, -0.1) is 0 Å². The van der Waals surface area contributed by atoms with Gasteiger partial charge in [0.1, 0.15) is 5.82 Å². The molecule has 0 atom stereocenters. The average Bonchev–Trinajstić information content (AvgIpc) is 3.10. The monoisotopic (exact) mass is 360 g/mol. The lowest BCUT2D eigenvalue weighted by molar-refractivity contribution is -0.133. The summed E-state index contributed by atoms with van der Waals surface area (Å²) in [5.74, 6) is -1.24. The first-order valence-corrected chi connectivity index (χ1v) is 8.51. The topological polar surface area (TPSA) is 78.7 Å². The highest BCUT2D eigenvalue weighted by Crippen LogP contribution is 2.11. The molecule has 0 bridgehead atoms. The Morgan fingerprint density at radius 2 is 1.96 bits per heavy atom. The third-order valence-electron chi connectivity index (χ3n) is 4.46. The average molecular weight is 360 g/mol. The number of carbonyl (C=O) groups excluding carboxylic acids is 1. The maximum absolute atomic E-state index is 13.2. The summed E-state index contributed by atoms with van der Waals surface area (Å²) in [6, 6.07) is 6.57. The highest BCUT2D eigenvalue weighted by molar-refractivity contribution is 5.86. The molecule has 2 aromatic rings. The van der Waals surface area contributed by atoms with E-state index in [2.05, 4.69) is 10.00 Å². The molecule has 0 saturated carbocycles. The van der Waals surface area contributed by atoms with E-state index in [4.69, 9.17) is 5.11 Å². The normalized spacial score (nSPS) is 15.2. The first-order valence-electron chi connectivity index (χ1n) is 8.51. The van der Waals surface area contributed by atoms with E-state index in [0.29, 0.717) is 26.2 Å². The van der Waals surface area contributed by atoms with Crippen LogP contribution in [0.1, 0.15) is 22.3 Å². The number of nitrogens with zero attached hydrogens (tertiary/aromatic N) is 4. The lowest BCUT2D eigenvalue weighted by Crippen LogP contribution is -2.48. The van der Waals surface area contributed by atoms with E-state index in [1.54, 1.807) is 6.07 Å². The third kappa shape index (κ3) is 4.66. The van der Waals surface area contributed by atoms with E-state index in [1.807, 2.05) is 11.0 Å². The zero-order chi connectivity index (χ0) is 18.5. The van der Waals surface area contributed by atoms with Gasteiger partial charge in [0, 0.05) is 51.9 Å². The second kappa shape index (κ2) is 8.09. The van der Waals surface area contributed by atoms with Gasteiger partial charge >= 0.3 is 5.97 Å². The van der Waals surface area contributed by atoms with Gasteiger partial charge in [-0.25, -0.2) is 9.18 Å². The van der Waals surface area contributed by atoms with E-state index in [0.717, 1.165) is 18.7 Å². The summed E-state index contributed by atoms with van der Waals surface area (Å²) in [5.41, 5.74) is 1.04. The minimum atomic E-state index is -1.03. The second-order valence-corrected chi connectivity index (χ2v) is 6.33. The Morgan fingerprint density at radius 3 is 2.62 bits per heavy atom. The fraction of sp³-hybridized carbons (Fsp3) is 0.389. The number of aryl methyl sites for hydroxylation is 1. The molecule has 26 heavy (non-hydrogen) atoms. The second-order valence-electron chi connectivity index (χ2n) is 6.33. The lowest BCUT2D eigenvalue weighted by Gasteiger charge is -2.34. The molecule has 1 saturated heterocycles. The fourth-order valence-electron chi connectivity index (χ4n) is 3.01. The van der Waals surface area contributed by atoms with Crippen molar-refractivity contribution >= 4 is 11.9 Å². The van der Waals surface area contributed by atoms with E-state index in [9.17, 15) is 14.0 Å². The molecule has 3 rings (SSSR count). The van der Waals surface area contributed by atoms with Crippen LogP contribution in [0.4, 0.5) is 4.39 Å². The Kier molecular flexibility index (Phi) is 5.62. The lowest BCUT2D eigenvalue weighted by atomic mass is 10.2. The van der Waals surface area contributed by atoms with Crippen molar-refractivity contribution in [3.8, 4) is 0 Å². The number of hydrogen-bond acceptors (Lipinski definition) is 4. The van der Waals surface area contributed by atoms with Gasteiger partial charge in [0.15, 0.2) is 0 Å². The molecule has 138 valence electrons. The van der Waals surface area contributed by atoms with Crippen LogP contribution in [0.2, 0.25) is 0 Å². The molecule has 1 fully saturated rings. The standard InChI is InChI=1S/C18H21FN4O3/c19-16-3-1-2-14(10-16)12-21-6-8-22(9-7-21)17(24)4-5-23-13-15(11-20-23)18(25)26/h1-3,10-11,13H,4-9,12H2,(H,25,26). The molecule has 1 amide bonds. The zero-order valence-corrected chi connectivity index (χ0v) is 14.3. The van der Waals surface area contributed by atoms with Crippen LogP contribution in [0.3, 0.4) is 0 Å². The molecule has 1 aliphatic rings. The molecule has 0 spiro atoms. The first kappa shape index (κ1) is 18.1. The van der Waals surface area contributed by atoms with Gasteiger partial charge in [-0.3, -0.25) is 14.4 Å². The maximum atomic E-state index is 13.2. The van der Waals surface area contributed by atoms with Crippen molar-refractivity contribution in [1.82, 2.24) is 19.6 Å². The molecule has 0 radical (unpaired) electrons. The number of carbonyl (C=O) groups is 2. The highest BCUT2D eigenvalue weighted by atomic mass is 19.1. The van der Waals surface area contributed by atoms with Crippen LogP contribution in [-0.4, -0.2) is 62.7 Å². The van der Waals surface area contributed by atoms with Crippen molar-refractivity contribution in [2.75, 3.05) is 26.2 Å². The largest absolute Gasteiger partial charge is 0.478 e. The smallest absolute Gasteiger partial charge is 0.338 e. The van der Waals surface area contributed by atoms with Crippen LogP contribution in [0.25, 0.3) is 0 Å². The summed E-state index contributed by atoms with van der Waals surface area (Å²) in [4.78, 5) is 27.2. The zero-order valence-electron chi connectivity index (χ0n) is 14.3. The van der Waals surface area contributed by atoms with Crippen molar-refractivity contribution in [2.45, 2.75) is 19.5 Å². The number of amides is 1. The minimum Gasteiger partial charge on any atom is -0.478 e. The summed E-state index contributed by atoms with van der Waals surface area (Å²) in [7, 11) is 0. The molecule has 1 N–H and O–H groups in total. The minimum absolute atomic E-state index is 0.0304. The fourth-order valence-corrected chi connectivity index (χ4v) is 3.01. The van der Waals surface area contributed by atoms with Crippen LogP contribution in [-0.2, 0) is 17.9 Å². The number of piperazine rings is 1. The Hall–Kier alpha value is -2.74. The van der Waals surface area contributed by atoms with Crippen molar-refractivity contribution in [2.24, 2.45) is 0 Å². The van der Waals surface area contributed by atoms with Gasteiger partial charge in [0.05, 0.1) is 11.8 Å². The maximum Gasteiger partial charge on any atom is 0.338 e. The Balaban J connectivity index is 1.43. The summed E-state index contributed by atoms with van der Waals surface area (Å²) < 4.78 is 14.7. The molecule has 2 heterocycles. The molecule has 1 aromatic heterocycles. The van der Waals surface area contributed by atoms with Gasteiger partial charge in [0.2, 0.25) is 5.91 Å². The number of benzene rings is 1. The van der Waals surface area contributed by atoms with Gasteiger partial charge < -0.3 is 10.0 Å². The predicted molar refractivity (Wildman–Crippen MR) is 92.1 cm³/mol. The van der Waals surface area contributed by atoms with Crippen LogP contribution in [0, 0.1) is 5.82 Å². The molecular weight excluding hydrogens is 339 g/mol. The Morgan fingerprint density at radius 1 is 1.19 bits per heavy atom. The summed E-state index contributed by atoms with van der Waals surface area (Å²) in [6.07, 6.45) is 2.98. The van der Waals surface area contributed by atoms with Crippen LogP contribution >= 0.6 is 0 Å². The Bertz CT molecular complexity index is 784.